The van der Waals surface area contributed by atoms with Crippen LogP contribution in [0.1, 0.15) is 31.4 Å². The molecule has 0 amide bonds. The highest BCUT2D eigenvalue weighted by Crippen LogP contribution is 2.26. The quantitative estimate of drug-likeness (QED) is 0.714. The van der Waals surface area contributed by atoms with Gasteiger partial charge in [0.1, 0.15) is 0 Å². The molecule has 1 aliphatic rings. The number of hydrogen-bond acceptors (Lipinski definition) is 2. The molecule has 4 heteroatoms. The van der Waals surface area contributed by atoms with Crippen molar-refractivity contribution < 1.29 is 0 Å². The highest BCUT2D eigenvalue weighted by atomic mass is 35.5. The Labute approximate surface area is 102 Å². The summed E-state index contributed by atoms with van der Waals surface area (Å²) in [6.07, 6.45) is 7.15. The predicted octanol–water partition coefficient (Wildman–Crippen LogP) is 2.40. The van der Waals surface area contributed by atoms with Crippen LogP contribution in [0.4, 0.5) is 0 Å². The standard InChI is InChI=1S/C12H20ClN3/c1-15-9-6-11(14-15)10-16(8-3-7-13)12-4-2-5-12/h6,9,12H,2-5,7-8,10H2,1H3. The second-order valence-corrected chi connectivity index (χ2v) is 4.96. The monoisotopic (exact) mass is 241 g/mol. The summed E-state index contributed by atoms with van der Waals surface area (Å²) in [7, 11) is 1.97. The maximum Gasteiger partial charge on any atom is 0.0764 e. The molecule has 0 aliphatic heterocycles. The van der Waals surface area contributed by atoms with Crippen molar-refractivity contribution in [1.29, 1.82) is 0 Å². The lowest BCUT2D eigenvalue weighted by atomic mass is 9.91. The Hall–Kier alpha value is -0.540. The molecular weight excluding hydrogens is 222 g/mol. The van der Waals surface area contributed by atoms with Gasteiger partial charge in [-0.3, -0.25) is 9.58 Å². The van der Waals surface area contributed by atoms with Crippen molar-refractivity contribution in [2.45, 2.75) is 38.3 Å². The van der Waals surface area contributed by atoms with Crippen LogP contribution in [-0.4, -0.2) is 33.1 Å². The van der Waals surface area contributed by atoms with Gasteiger partial charge in [-0.1, -0.05) is 6.42 Å². The van der Waals surface area contributed by atoms with E-state index in [-0.39, 0.29) is 0 Å². The van der Waals surface area contributed by atoms with Gasteiger partial charge in [-0.2, -0.15) is 5.10 Å². The van der Waals surface area contributed by atoms with E-state index >= 15 is 0 Å². The maximum absolute atomic E-state index is 5.77. The van der Waals surface area contributed by atoms with Crippen LogP contribution in [0.15, 0.2) is 12.3 Å². The van der Waals surface area contributed by atoms with E-state index in [0.717, 1.165) is 31.4 Å². The van der Waals surface area contributed by atoms with Crippen molar-refractivity contribution >= 4 is 11.6 Å². The number of hydrogen-bond donors (Lipinski definition) is 0. The Morgan fingerprint density at radius 3 is 2.88 bits per heavy atom. The zero-order chi connectivity index (χ0) is 11.4. The van der Waals surface area contributed by atoms with E-state index in [4.69, 9.17) is 11.6 Å². The van der Waals surface area contributed by atoms with Crippen molar-refractivity contribution in [1.82, 2.24) is 14.7 Å². The summed E-state index contributed by atoms with van der Waals surface area (Å²) >= 11 is 5.77. The Balaban J connectivity index is 1.90. The first-order chi connectivity index (χ1) is 7.79. The van der Waals surface area contributed by atoms with E-state index < -0.39 is 0 Å². The molecule has 1 aliphatic carbocycles. The van der Waals surface area contributed by atoms with E-state index in [9.17, 15) is 0 Å². The second-order valence-electron chi connectivity index (χ2n) is 4.58. The fourth-order valence-corrected chi connectivity index (χ4v) is 2.28. The minimum absolute atomic E-state index is 0.755. The molecule has 0 saturated heterocycles. The first-order valence-electron chi connectivity index (χ1n) is 6.08. The van der Waals surface area contributed by atoms with Crippen molar-refractivity contribution in [2.75, 3.05) is 12.4 Å². The third kappa shape index (κ3) is 2.98. The lowest BCUT2D eigenvalue weighted by Gasteiger charge is -2.37. The van der Waals surface area contributed by atoms with E-state index in [2.05, 4.69) is 16.1 Å². The van der Waals surface area contributed by atoms with Crippen molar-refractivity contribution in [3.05, 3.63) is 18.0 Å². The molecule has 1 aromatic rings. The van der Waals surface area contributed by atoms with Gasteiger partial charge < -0.3 is 0 Å². The maximum atomic E-state index is 5.77. The minimum Gasteiger partial charge on any atom is -0.294 e. The molecular formula is C12H20ClN3. The SMILES string of the molecule is Cn1ccc(CN(CCCCl)C2CCC2)n1. The number of aromatic nitrogens is 2. The Kier molecular flexibility index (Phi) is 4.24. The smallest absolute Gasteiger partial charge is 0.0764 e. The van der Waals surface area contributed by atoms with Crippen LogP contribution in [0.25, 0.3) is 0 Å². The van der Waals surface area contributed by atoms with E-state index in [1.807, 2.05) is 17.9 Å². The highest BCUT2D eigenvalue weighted by molar-refractivity contribution is 6.17. The third-order valence-corrected chi connectivity index (χ3v) is 3.57. The van der Waals surface area contributed by atoms with Crippen molar-refractivity contribution in [3.63, 3.8) is 0 Å². The van der Waals surface area contributed by atoms with Gasteiger partial charge in [-0.25, -0.2) is 0 Å². The van der Waals surface area contributed by atoms with E-state index in [0.29, 0.717) is 0 Å². The molecule has 1 fully saturated rings. The normalized spacial score (nSPS) is 16.7. The second kappa shape index (κ2) is 5.69. The van der Waals surface area contributed by atoms with Crippen LogP contribution in [-0.2, 0) is 13.6 Å². The number of aryl methyl sites for hydroxylation is 1. The molecule has 0 aromatic carbocycles. The summed E-state index contributed by atoms with van der Waals surface area (Å²) in [5.41, 5.74) is 1.17. The van der Waals surface area contributed by atoms with Gasteiger partial charge in [0.25, 0.3) is 0 Å². The van der Waals surface area contributed by atoms with Gasteiger partial charge in [-0.15, -0.1) is 11.6 Å². The molecule has 1 aromatic heterocycles. The van der Waals surface area contributed by atoms with Gasteiger partial charge in [-0.05, 0) is 31.9 Å². The van der Waals surface area contributed by atoms with Crippen molar-refractivity contribution in [3.8, 4) is 0 Å². The average molecular weight is 242 g/mol. The summed E-state index contributed by atoms with van der Waals surface area (Å²) in [6, 6.07) is 2.87. The van der Waals surface area contributed by atoms with E-state index in [1.54, 1.807) is 0 Å². The first kappa shape index (κ1) is 11.9. The minimum atomic E-state index is 0.755. The molecule has 0 spiro atoms. The summed E-state index contributed by atoms with van der Waals surface area (Å²) in [6.45, 7) is 2.08. The number of rotatable bonds is 6. The van der Waals surface area contributed by atoms with Crippen LogP contribution in [0, 0.1) is 0 Å². The van der Waals surface area contributed by atoms with Crippen LogP contribution >= 0.6 is 11.6 Å². The lowest BCUT2D eigenvalue weighted by Crippen LogP contribution is -2.40. The molecule has 0 bridgehead atoms. The molecule has 2 rings (SSSR count). The highest BCUT2D eigenvalue weighted by Gasteiger charge is 2.24. The van der Waals surface area contributed by atoms with Gasteiger partial charge in [0.05, 0.1) is 5.69 Å². The Bertz CT molecular complexity index is 320. The topological polar surface area (TPSA) is 21.1 Å². The summed E-state index contributed by atoms with van der Waals surface area (Å²) in [5, 5.41) is 4.44. The van der Waals surface area contributed by atoms with Crippen LogP contribution in [0.5, 0.6) is 0 Å². The molecule has 0 radical (unpaired) electrons. The molecule has 90 valence electrons. The average Bonchev–Trinajstić information content (AvgIpc) is 2.58. The predicted molar refractivity (Wildman–Crippen MR) is 66.6 cm³/mol. The molecule has 0 N–H and O–H groups in total. The molecule has 1 heterocycles. The molecule has 0 atom stereocenters. The third-order valence-electron chi connectivity index (χ3n) is 3.30. The summed E-state index contributed by atoms with van der Waals surface area (Å²) < 4.78 is 1.87. The Morgan fingerprint density at radius 1 is 1.56 bits per heavy atom. The van der Waals surface area contributed by atoms with Crippen LogP contribution < -0.4 is 0 Å². The van der Waals surface area contributed by atoms with Gasteiger partial charge in [0.2, 0.25) is 0 Å². The number of alkyl halides is 1. The number of nitrogens with zero attached hydrogens (tertiary/aromatic N) is 3. The molecule has 0 unspecified atom stereocenters. The number of halogens is 1. The largest absolute Gasteiger partial charge is 0.294 e. The van der Waals surface area contributed by atoms with Gasteiger partial charge in [0, 0.05) is 31.7 Å². The lowest BCUT2D eigenvalue weighted by molar-refractivity contribution is 0.118. The van der Waals surface area contributed by atoms with Crippen LogP contribution in [0.2, 0.25) is 0 Å². The summed E-state index contributed by atoms with van der Waals surface area (Å²) in [4.78, 5) is 2.54. The fourth-order valence-electron chi connectivity index (χ4n) is 2.16. The first-order valence-corrected chi connectivity index (χ1v) is 6.61. The fraction of sp³-hybridized carbons (Fsp3) is 0.750. The zero-order valence-electron chi connectivity index (χ0n) is 9.90. The Morgan fingerprint density at radius 2 is 2.38 bits per heavy atom. The summed E-state index contributed by atoms with van der Waals surface area (Å²) in [5.74, 6) is 0.755. The van der Waals surface area contributed by atoms with Crippen LogP contribution in [0.3, 0.4) is 0 Å². The van der Waals surface area contributed by atoms with Gasteiger partial charge in [0.15, 0.2) is 0 Å². The van der Waals surface area contributed by atoms with Gasteiger partial charge >= 0.3 is 0 Å². The molecule has 3 nitrogen and oxygen atoms in total. The molecule has 1 saturated carbocycles. The zero-order valence-corrected chi connectivity index (χ0v) is 10.7. The van der Waals surface area contributed by atoms with Crippen molar-refractivity contribution in [2.24, 2.45) is 7.05 Å². The molecule has 16 heavy (non-hydrogen) atoms. The van der Waals surface area contributed by atoms with E-state index in [1.165, 1.54) is 25.0 Å².